The zero-order chi connectivity index (χ0) is 70.9. The zero-order valence-electron chi connectivity index (χ0n) is 59.6. The van der Waals surface area contributed by atoms with Crippen LogP contribution in [-0.2, 0) is 78.9 Å². The third-order valence-electron chi connectivity index (χ3n) is 17.6. The lowest BCUT2D eigenvalue weighted by molar-refractivity contribution is 0.0264. The van der Waals surface area contributed by atoms with Gasteiger partial charge in [0, 0.05) is 108 Å². The molecule has 99 heavy (non-hydrogen) atoms. The predicted octanol–water partition coefficient (Wildman–Crippen LogP) is 16.0. The second-order valence-electron chi connectivity index (χ2n) is 26.0. The molecule has 540 valence electrons. The van der Waals surface area contributed by atoms with E-state index in [1.807, 2.05) is 90.7 Å². The smallest absolute Gasteiger partial charge is 0.258 e. The van der Waals surface area contributed by atoms with E-state index in [4.69, 9.17) is 65.8 Å². The first-order chi connectivity index (χ1) is 47.9. The van der Waals surface area contributed by atoms with Crippen LogP contribution in [0.1, 0.15) is 113 Å². The molecule has 0 aliphatic carbocycles. The van der Waals surface area contributed by atoms with Gasteiger partial charge in [-0.15, -0.1) is 23.2 Å². The molecule has 0 spiro atoms. The number of aromatic hydroxyl groups is 1. The van der Waals surface area contributed by atoms with E-state index in [1.165, 1.54) is 35.1 Å². The number of benzene rings is 6. The molecule has 22 heteroatoms. The molecule has 0 unspecified atom stereocenters. The molecule has 2 atom stereocenters. The molecule has 6 aromatic carbocycles. The lowest BCUT2D eigenvalue weighted by Gasteiger charge is -2.34. The topological polar surface area (TPSA) is 150 Å². The van der Waals surface area contributed by atoms with Gasteiger partial charge in [-0.25, -0.2) is 0 Å². The van der Waals surface area contributed by atoms with Crippen molar-refractivity contribution in [2.45, 2.75) is 120 Å². The van der Waals surface area contributed by atoms with E-state index in [1.54, 1.807) is 44.3 Å². The normalized spacial score (nSPS) is 15.2. The van der Waals surface area contributed by atoms with Gasteiger partial charge in [-0.3, -0.25) is 9.59 Å². The number of ether oxygens (including phenoxy) is 9. The molecule has 16 nitrogen and oxygen atoms in total. The molecule has 6 aromatic rings. The van der Waals surface area contributed by atoms with E-state index in [9.17, 15) is 14.7 Å². The van der Waals surface area contributed by atoms with Gasteiger partial charge in [0.15, 0.2) is 23.0 Å². The third kappa shape index (κ3) is 22.6. The van der Waals surface area contributed by atoms with E-state index in [0.717, 1.165) is 110 Å². The number of aryl methyl sites for hydroxylation is 3. The van der Waals surface area contributed by atoms with Gasteiger partial charge < -0.3 is 67.3 Å². The highest BCUT2D eigenvalue weighted by atomic mass is 35.5. The monoisotopic (exact) mass is 1470 g/mol. The van der Waals surface area contributed by atoms with Crippen LogP contribution in [0.4, 0.5) is 22.7 Å². The van der Waals surface area contributed by atoms with Crippen molar-refractivity contribution in [2.75, 3.05) is 153 Å². The fraction of sp³-hybridized carbons (Fsp3) is 0.506. The first kappa shape index (κ1) is 79.5. The van der Waals surface area contributed by atoms with Crippen molar-refractivity contribution in [3.63, 3.8) is 0 Å². The number of methoxy groups -OCH3 is 4. The van der Waals surface area contributed by atoms with Crippen molar-refractivity contribution < 1.29 is 57.3 Å². The molecule has 1 N–H and O–H groups in total. The number of carbonyl (C=O) groups excluding carboxylic acids is 2. The summed E-state index contributed by atoms with van der Waals surface area (Å²) in [5.41, 5.74) is 14.5. The third-order valence-corrected chi connectivity index (χ3v) is 23.4. The number of fused-ring (bicyclic) bond motifs is 8. The number of nitrogens with zero attached hydrogens (tertiary/aromatic N) is 4. The van der Waals surface area contributed by atoms with Gasteiger partial charge in [0.05, 0.1) is 80.3 Å². The fourth-order valence-corrected chi connectivity index (χ4v) is 17.7. The van der Waals surface area contributed by atoms with Crippen LogP contribution in [0.25, 0.3) is 0 Å². The number of hydrogen-bond acceptors (Lipinski definition) is 18. The van der Waals surface area contributed by atoms with Crippen LogP contribution in [0.15, 0.2) is 109 Å². The maximum atomic E-state index is 13.9. The number of amides is 2. The number of hydrogen-bond donors (Lipinski definition) is 1. The molecular formula is C77H102Cl2N4O12S4. The number of halogens is 2. The summed E-state index contributed by atoms with van der Waals surface area (Å²) in [5, 5.41) is 9.96. The highest BCUT2D eigenvalue weighted by Crippen LogP contribution is 2.44. The Balaban J connectivity index is 0.000000210. The number of para-hydroxylation sites is 2. The number of phenolic OH excluding ortho intramolecular Hbond substituents is 1. The van der Waals surface area contributed by atoms with Gasteiger partial charge >= 0.3 is 0 Å². The molecule has 4 aliphatic rings. The first-order valence-corrected chi connectivity index (χ1v) is 40.3. The molecular weight excluding hydrogens is 1370 g/mol. The molecule has 0 radical (unpaired) electrons. The Bertz CT molecular complexity index is 3530. The standard InChI is InChI=1S/C38H49ClN2O6S2.C21H36ClNO3S2.C18H17NO3/c1-38(2,49-48-5)26-40(12-13-45-16-17-46-15-14-43-3)32-19-27(24-39)18-28(20-32)25-47-36-22-29-10-11-31-21-30-8-6-7-9-34(30)41(31)37(42)33(29)23-35(36)44-4;1-6-18-13-19(16-22)15-20(14-18)23(17-21(2,3)28-27-5)7-8-25-11-12-26-10-9-24-4;1-22-17-10-14-11(9-16(17)20)6-7-13-8-12-4-2-3-5-15(12)19(13)18(14)21/h6-9,18-20,22-23,31H,10-17,21,24-26H2,1-5H3;13-15H,6-12,16-17H2,1-5H3;2-5,9-10,13,20H,6-8H2,1H3/t31-;;13-/m1.1/s1. The lowest BCUT2D eigenvalue weighted by Crippen LogP contribution is -2.38. The van der Waals surface area contributed by atoms with Crippen molar-refractivity contribution in [1.29, 1.82) is 0 Å². The van der Waals surface area contributed by atoms with Crippen molar-refractivity contribution in [3.05, 3.63) is 165 Å². The van der Waals surface area contributed by atoms with Gasteiger partial charge in [0.1, 0.15) is 6.61 Å². The lowest BCUT2D eigenvalue weighted by atomic mass is 9.99. The Kier molecular flexibility index (Phi) is 32.1. The minimum atomic E-state index is 0.0000982. The largest absolute Gasteiger partial charge is 0.504 e. The molecule has 0 saturated heterocycles. The van der Waals surface area contributed by atoms with E-state index in [-0.39, 0.29) is 39.1 Å². The fourth-order valence-electron chi connectivity index (χ4n) is 13.1. The number of rotatable bonds is 36. The second kappa shape index (κ2) is 40.0. The van der Waals surface area contributed by atoms with Crippen LogP contribution in [0.2, 0.25) is 0 Å². The average Bonchev–Trinajstić information content (AvgIpc) is 1.63. The molecule has 0 bridgehead atoms. The van der Waals surface area contributed by atoms with Crippen LogP contribution in [0.5, 0.6) is 23.0 Å². The van der Waals surface area contributed by atoms with Crippen molar-refractivity contribution >= 4 is 101 Å². The van der Waals surface area contributed by atoms with Gasteiger partial charge in [0.25, 0.3) is 11.8 Å². The number of anilines is 4. The highest BCUT2D eigenvalue weighted by Gasteiger charge is 2.39. The van der Waals surface area contributed by atoms with Gasteiger partial charge in [-0.1, -0.05) is 98.6 Å². The van der Waals surface area contributed by atoms with E-state index >= 15 is 0 Å². The number of alkyl halides is 2. The minimum absolute atomic E-state index is 0.0000982. The van der Waals surface area contributed by atoms with E-state index in [0.29, 0.717) is 113 Å². The molecule has 2 amide bonds. The summed E-state index contributed by atoms with van der Waals surface area (Å²) in [6, 6.07) is 37.0. The van der Waals surface area contributed by atoms with Gasteiger partial charge in [-0.05, 0) is 190 Å². The summed E-state index contributed by atoms with van der Waals surface area (Å²) in [6.45, 7) is 20.8. The zero-order valence-corrected chi connectivity index (χ0v) is 64.4. The minimum Gasteiger partial charge on any atom is -0.504 e. The van der Waals surface area contributed by atoms with Crippen LogP contribution >= 0.6 is 66.4 Å². The number of phenols is 1. The van der Waals surface area contributed by atoms with Crippen LogP contribution in [-0.4, -0.2) is 172 Å². The Hall–Kier alpha value is -5.20. The summed E-state index contributed by atoms with van der Waals surface area (Å²) in [6.07, 6.45) is 10.4. The Labute approximate surface area is 614 Å². The molecule has 4 aliphatic heterocycles. The van der Waals surface area contributed by atoms with Crippen LogP contribution in [0, 0.1) is 0 Å². The maximum absolute atomic E-state index is 13.9. The van der Waals surface area contributed by atoms with Crippen molar-refractivity contribution in [2.24, 2.45) is 0 Å². The van der Waals surface area contributed by atoms with Crippen LogP contribution in [0.3, 0.4) is 0 Å². The average molecular weight is 1470 g/mol. The van der Waals surface area contributed by atoms with Crippen molar-refractivity contribution in [1.82, 2.24) is 0 Å². The van der Waals surface area contributed by atoms with Crippen LogP contribution < -0.4 is 33.8 Å². The predicted molar refractivity (Wildman–Crippen MR) is 413 cm³/mol. The summed E-state index contributed by atoms with van der Waals surface area (Å²) < 4.78 is 50.3. The molecule has 0 saturated carbocycles. The quantitative estimate of drug-likeness (QED) is 0.0225. The van der Waals surface area contributed by atoms with Gasteiger partial charge in [0.2, 0.25) is 0 Å². The molecule has 0 aromatic heterocycles. The van der Waals surface area contributed by atoms with Gasteiger partial charge in [-0.2, -0.15) is 0 Å². The highest BCUT2D eigenvalue weighted by molar-refractivity contribution is 8.77. The first-order valence-electron chi connectivity index (χ1n) is 34.1. The summed E-state index contributed by atoms with van der Waals surface area (Å²) >= 11 is 12.6. The van der Waals surface area contributed by atoms with E-state index in [2.05, 4.69) is 105 Å². The number of carbonyl (C=O) groups is 2. The Morgan fingerprint density at radius 1 is 0.515 bits per heavy atom. The SMILES string of the molecule is CCc1cc(CCl)cc(N(CCOCCOCCOC)CC(C)(C)SSC)c1.COCCOCCOCCN(CC(C)(C)SSC)c1cc(CCl)cc(COc2cc3c(cc2OC)C(=O)N2c4ccccc4C[C@H]2CC3)c1.COc1cc2c(cc1O)CC[C@@H]1Cc3ccccc3N1C2=O. The molecule has 10 rings (SSSR count). The Morgan fingerprint density at radius 2 is 0.939 bits per heavy atom. The van der Waals surface area contributed by atoms with Crippen molar-refractivity contribution in [3.8, 4) is 23.0 Å². The molecule has 0 fully saturated rings. The molecule has 4 heterocycles. The second-order valence-corrected chi connectivity index (χ2v) is 32.7. The summed E-state index contributed by atoms with van der Waals surface area (Å²) in [4.78, 5) is 35.6. The Morgan fingerprint density at radius 3 is 1.39 bits per heavy atom. The maximum Gasteiger partial charge on any atom is 0.258 e. The summed E-state index contributed by atoms with van der Waals surface area (Å²) in [7, 11) is 13.8. The summed E-state index contributed by atoms with van der Waals surface area (Å²) in [5.74, 6) is 2.56. The van der Waals surface area contributed by atoms with E-state index < -0.39 is 0 Å².